The molecule has 98 valence electrons. The lowest BCUT2D eigenvalue weighted by Crippen LogP contribution is -2.43. The molecule has 0 amide bonds. The van der Waals surface area contributed by atoms with Gasteiger partial charge < -0.3 is 15.2 Å². The van der Waals surface area contributed by atoms with Gasteiger partial charge in [-0.25, -0.2) is 0 Å². The molecule has 2 fully saturated rings. The second kappa shape index (κ2) is 4.47. The van der Waals surface area contributed by atoms with Crippen LogP contribution in [-0.4, -0.2) is 13.7 Å². The van der Waals surface area contributed by atoms with Gasteiger partial charge in [-0.15, -0.1) is 0 Å². The first-order valence-corrected chi connectivity index (χ1v) is 6.81. The summed E-state index contributed by atoms with van der Waals surface area (Å²) in [5.74, 6) is 2.41. The highest BCUT2D eigenvalue weighted by molar-refractivity contribution is 5.45. The third kappa shape index (κ3) is 2.19. The molecule has 0 spiro atoms. The van der Waals surface area contributed by atoms with Gasteiger partial charge in [0.25, 0.3) is 0 Å². The van der Waals surface area contributed by atoms with Gasteiger partial charge in [0, 0.05) is 5.54 Å². The summed E-state index contributed by atoms with van der Waals surface area (Å²) < 4.78 is 11.2. The molecule has 0 radical (unpaired) electrons. The zero-order valence-corrected chi connectivity index (χ0v) is 10.9. The van der Waals surface area contributed by atoms with E-state index < -0.39 is 0 Å². The van der Waals surface area contributed by atoms with Gasteiger partial charge in [-0.1, -0.05) is 6.07 Å². The summed E-state index contributed by atoms with van der Waals surface area (Å²) in [7, 11) is 1.69. The summed E-state index contributed by atoms with van der Waals surface area (Å²) in [6.07, 6.45) is 5.95. The maximum absolute atomic E-state index is 6.33. The maximum atomic E-state index is 6.33. The molecule has 2 aliphatic carbocycles. The molecule has 3 nitrogen and oxygen atoms in total. The van der Waals surface area contributed by atoms with Crippen molar-refractivity contribution >= 4 is 0 Å². The number of ether oxygens (including phenoxy) is 2. The highest BCUT2D eigenvalue weighted by atomic mass is 16.5. The molecule has 2 saturated carbocycles. The molecule has 1 aromatic carbocycles. The molecule has 2 N–H and O–H groups in total. The Morgan fingerprint density at radius 3 is 2.61 bits per heavy atom. The normalized spacial score (nSPS) is 21.2. The molecule has 3 heteroatoms. The van der Waals surface area contributed by atoms with Crippen LogP contribution in [0.1, 0.15) is 37.7 Å². The van der Waals surface area contributed by atoms with Crippen LogP contribution < -0.4 is 15.2 Å². The van der Waals surface area contributed by atoms with Crippen molar-refractivity contribution in [1.82, 2.24) is 0 Å². The van der Waals surface area contributed by atoms with Gasteiger partial charge in [0.15, 0.2) is 11.5 Å². The molecule has 2 aliphatic rings. The molecule has 0 saturated heterocycles. The van der Waals surface area contributed by atoms with Crippen molar-refractivity contribution < 1.29 is 9.47 Å². The molecule has 0 heterocycles. The maximum Gasteiger partial charge on any atom is 0.161 e. The van der Waals surface area contributed by atoms with E-state index in [0.717, 1.165) is 36.9 Å². The van der Waals surface area contributed by atoms with Crippen LogP contribution in [0.3, 0.4) is 0 Å². The Morgan fingerprint density at radius 2 is 2.06 bits per heavy atom. The molecule has 0 unspecified atom stereocenters. The van der Waals surface area contributed by atoms with Crippen molar-refractivity contribution in [3.8, 4) is 11.5 Å². The zero-order valence-electron chi connectivity index (χ0n) is 10.9. The second-order valence-corrected chi connectivity index (χ2v) is 5.63. The molecule has 3 rings (SSSR count). The molecular formula is C15H21NO2. The number of hydrogen-bond acceptors (Lipinski definition) is 3. The van der Waals surface area contributed by atoms with E-state index in [2.05, 4.69) is 6.07 Å². The van der Waals surface area contributed by atoms with Crippen LogP contribution in [-0.2, 0) is 5.54 Å². The van der Waals surface area contributed by atoms with E-state index in [-0.39, 0.29) is 5.54 Å². The lowest BCUT2D eigenvalue weighted by molar-refractivity contribution is 0.250. The smallest absolute Gasteiger partial charge is 0.161 e. The van der Waals surface area contributed by atoms with Gasteiger partial charge in [-0.05, 0) is 55.7 Å². The van der Waals surface area contributed by atoms with Gasteiger partial charge in [0.05, 0.1) is 13.7 Å². The summed E-state index contributed by atoms with van der Waals surface area (Å²) in [6.45, 7) is 0.809. The third-order valence-corrected chi connectivity index (χ3v) is 4.16. The average Bonchev–Trinajstić information content (AvgIpc) is 3.17. The topological polar surface area (TPSA) is 44.5 Å². The number of methoxy groups -OCH3 is 1. The minimum Gasteiger partial charge on any atom is -0.493 e. The average molecular weight is 247 g/mol. The Hall–Kier alpha value is -1.22. The van der Waals surface area contributed by atoms with Crippen molar-refractivity contribution in [2.24, 2.45) is 11.7 Å². The Morgan fingerprint density at radius 1 is 1.28 bits per heavy atom. The van der Waals surface area contributed by atoms with Crippen molar-refractivity contribution in [3.05, 3.63) is 23.8 Å². The fraction of sp³-hybridized carbons (Fsp3) is 0.600. The highest BCUT2D eigenvalue weighted by Crippen LogP contribution is 2.42. The van der Waals surface area contributed by atoms with E-state index in [4.69, 9.17) is 15.2 Å². The van der Waals surface area contributed by atoms with E-state index in [1.165, 1.54) is 24.8 Å². The van der Waals surface area contributed by atoms with E-state index in [1.54, 1.807) is 7.11 Å². The van der Waals surface area contributed by atoms with Crippen molar-refractivity contribution in [2.75, 3.05) is 13.7 Å². The fourth-order valence-corrected chi connectivity index (χ4v) is 2.44. The first-order valence-electron chi connectivity index (χ1n) is 6.81. The van der Waals surface area contributed by atoms with Gasteiger partial charge >= 0.3 is 0 Å². The lowest BCUT2D eigenvalue weighted by Gasteiger charge is -2.38. The summed E-state index contributed by atoms with van der Waals surface area (Å²) in [6, 6.07) is 6.13. The van der Waals surface area contributed by atoms with E-state index in [9.17, 15) is 0 Å². The van der Waals surface area contributed by atoms with Crippen molar-refractivity contribution in [1.29, 1.82) is 0 Å². The number of benzene rings is 1. The number of rotatable bonds is 5. The van der Waals surface area contributed by atoms with Crippen molar-refractivity contribution in [3.63, 3.8) is 0 Å². The van der Waals surface area contributed by atoms with Crippen molar-refractivity contribution in [2.45, 2.75) is 37.6 Å². The molecular weight excluding hydrogens is 226 g/mol. The summed E-state index contributed by atoms with van der Waals surface area (Å²) in [5.41, 5.74) is 7.37. The molecule has 0 aromatic heterocycles. The van der Waals surface area contributed by atoms with E-state index in [1.807, 2.05) is 12.1 Å². The Balaban J connectivity index is 1.77. The summed E-state index contributed by atoms with van der Waals surface area (Å²) in [5, 5.41) is 0. The van der Waals surface area contributed by atoms with Crippen LogP contribution >= 0.6 is 0 Å². The quantitative estimate of drug-likeness (QED) is 0.870. The Labute approximate surface area is 108 Å². The molecule has 1 aromatic rings. The highest BCUT2D eigenvalue weighted by Gasteiger charge is 2.35. The van der Waals surface area contributed by atoms with Crippen LogP contribution in [0.15, 0.2) is 18.2 Å². The van der Waals surface area contributed by atoms with Gasteiger partial charge in [0.2, 0.25) is 0 Å². The monoisotopic (exact) mass is 247 g/mol. The molecule has 0 atom stereocenters. The van der Waals surface area contributed by atoms with Gasteiger partial charge in [0.1, 0.15) is 0 Å². The van der Waals surface area contributed by atoms with Gasteiger partial charge in [-0.3, -0.25) is 0 Å². The first-order chi connectivity index (χ1) is 8.71. The first kappa shape index (κ1) is 11.8. The predicted octanol–water partition coefficient (Wildman–Crippen LogP) is 2.82. The Kier molecular flexibility index (Phi) is 2.94. The van der Waals surface area contributed by atoms with Crippen LogP contribution in [0, 0.1) is 5.92 Å². The van der Waals surface area contributed by atoms with E-state index in [0.29, 0.717) is 0 Å². The SMILES string of the molecule is COc1cc(C2(N)CCC2)ccc1OCC1CC1. The minimum absolute atomic E-state index is 0.137. The zero-order chi connectivity index (χ0) is 12.6. The molecule has 18 heavy (non-hydrogen) atoms. The van der Waals surface area contributed by atoms with Crippen LogP contribution in [0.25, 0.3) is 0 Å². The summed E-state index contributed by atoms with van der Waals surface area (Å²) >= 11 is 0. The lowest BCUT2D eigenvalue weighted by atomic mass is 9.73. The van der Waals surface area contributed by atoms with Gasteiger partial charge in [-0.2, -0.15) is 0 Å². The third-order valence-electron chi connectivity index (χ3n) is 4.16. The number of nitrogens with two attached hydrogens (primary N) is 1. The largest absolute Gasteiger partial charge is 0.493 e. The van der Waals surface area contributed by atoms with Crippen LogP contribution in [0.5, 0.6) is 11.5 Å². The van der Waals surface area contributed by atoms with Crippen LogP contribution in [0.2, 0.25) is 0 Å². The predicted molar refractivity (Wildman–Crippen MR) is 70.9 cm³/mol. The standard InChI is InChI=1S/C15H21NO2/c1-17-14-9-12(15(16)7-2-8-15)5-6-13(14)18-10-11-3-4-11/h5-6,9,11H,2-4,7-8,10,16H2,1H3. The summed E-state index contributed by atoms with van der Waals surface area (Å²) in [4.78, 5) is 0. The van der Waals surface area contributed by atoms with Crippen LogP contribution in [0.4, 0.5) is 0 Å². The molecule has 0 bridgehead atoms. The molecule has 0 aliphatic heterocycles. The minimum atomic E-state index is -0.137. The number of hydrogen-bond donors (Lipinski definition) is 1. The second-order valence-electron chi connectivity index (χ2n) is 5.63. The Bertz CT molecular complexity index is 436. The fourth-order valence-electron chi connectivity index (χ4n) is 2.44. The van der Waals surface area contributed by atoms with E-state index >= 15 is 0 Å².